The van der Waals surface area contributed by atoms with Crippen molar-refractivity contribution in [1.82, 2.24) is 5.16 Å². The van der Waals surface area contributed by atoms with Crippen LogP contribution in [0, 0.1) is 6.92 Å². The quantitative estimate of drug-likeness (QED) is 0.670. The van der Waals surface area contributed by atoms with E-state index in [9.17, 15) is 0 Å². The van der Waals surface area contributed by atoms with E-state index >= 15 is 0 Å². The van der Waals surface area contributed by atoms with Gasteiger partial charge in [0.1, 0.15) is 0 Å². The van der Waals surface area contributed by atoms with Crippen LogP contribution in [0.1, 0.15) is 5.56 Å². The summed E-state index contributed by atoms with van der Waals surface area (Å²) in [5.41, 5.74) is 2.00. The average Bonchev–Trinajstić information content (AvgIpc) is 2.36. The summed E-state index contributed by atoms with van der Waals surface area (Å²) in [5, 5.41) is 4.72. The van der Waals surface area contributed by atoms with Crippen LogP contribution in [0.2, 0.25) is 0 Å². The Bertz CT molecular complexity index is 358. The van der Waals surface area contributed by atoms with E-state index in [1.807, 2.05) is 19.1 Å². The third kappa shape index (κ3) is 1.05. The summed E-state index contributed by atoms with van der Waals surface area (Å²) in [4.78, 5) is 0. The van der Waals surface area contributed by atoms with Crippen molar-refractivity contribution in [3.05, 3.63) is 28.4 Å². The topological polar surface area (TPSA) is 26.0 Å². The van der Waals surface area contributed by atoms with Crippen LogP contribution >= 0.6 is 15.9 Å². The summed E-state index contributed by atoms with van der Waals surface area (Å²) < 4.78 is 6.07. The monoisotopic (exact) mass is 211 g/mol. The van der Waals surface area contributed by atoms with E-state index in [2.05, 4.69) is 21.1 Å². The smallest absolute Gasteiger partial charge is 0.167 e. The van der Waals surface area contributed by atoms with Gasteiger partial charge in [-0.25, -0.2) is 0 Å². The lowest BCUT2D eigenvalue weighted by atomic mass is 10.2. The molecule has 0 N–H and O–H groups in total. The zero-order valence-electron chi connectivity index (χ0n) is 5.97. The first-order chi connectivity index (χ1) is 5.27. The van der Waals surface area contributed by atoms with Gasteiger partial charge in [-0.15, -0.1) is 0 Å². The standard InChI is InChI=1S/C8H6BrNO/c1-5-2-8-6(3-7(5)9)4-10-11-8/h2-4H,1H3. The molecule has 0 aliphatic carbocycles. The van der Waals surface area contributed by atoms with Crippen LogP contribution in [0.15, 0.2) is 27.3 Å². The number of hydrogen-bond donors (Lipinski definition) is 0. The molecule has 2 rings (SSSR count). The van der Waals surface area contributed by atoms with Gasteiger partial charge in [-0.3, -0.25) is 0 Å². The van der Waals surface area contributed by atoms with Crippen LogP contribution in [-0.4, -0.2) is 5.16 Å². The Hall–Kier alpha value is -0.830. The van der Waals surface area contributed by atoms with Crippen molar-refractivity contribution in [2.75, 3.05) is 0 Å². The number of benzene rings is 1. The Morgan fingerprint density at radius 3 is 3.09 bits per heavy atom. The average molecular weight is 212 g/mol. The molecule has 1 aromatic heterocycles. The van der Waals surface area contributed by atoms with Gasteiger partial charge in [0.15, 0.2) is 5.58 Å². The molecule has 3 heteroatoms. The van der Waals surface area contributed by atoms with E-state index in [1.54, 1.807) is 6.20 Å². The molecule has 1 heterocycles. The highest BCUT2D eigenvalue weighted by Gasteiger charge is 2.00. The maximum atomic E-state index is 4.98. The van der Waals surface area contributed by atoms with Gasteiger partial charge >= 0.3 is 0 Å². The highest BCUT2D eigenvalue weighted by atomic mass is 79.9. The van der Waals surface area contributed by atoms with Gasteiger partial charge in [0.25, 0.3) is 0 Å². The second-order valence-electron chi connectivity index (χ2n) is 2.47. The lowest BCUT2D eigenvalue weighted by molar-refractivity contribution is 0.456. The van der Waals surface area contributed by atoms with Crippen molar-refractivity contribution in [3.63, 3.8) is 0 Å². The number of nitrogens with zero attached hydrogens (tertiary/aromatic N) is 1. The Kier molecular flexibility index (Phi) is 1.46. The fraction of sp³-hybridized carbons (Fsp3) is 0.125. The van der Waals surface area contributed by atoms with E-state index in [-0.39, 0.29) is 0 Å². The zero-order chi connectivity index (χ0) is 7.84. The largest absolute Gasteiger partial charge is 0.356 e. The summed E-state index contributed by atoms with van der Waals surface area (Å²) >= 11 is 3.43. The van der Waals surface area contributed by atoms with Crippen LogP contribution in [-0.2, 0) is 0 Å². The molecule has 2 aromatic rings. The van der Waals surface area contributed by atoms with Gasteiger partial charge in [-0.2, -0.15) is 0 Å². The van der Waals surface area contributed by atoms with Crippen LogP contribution in [0.3, 0.4) is 0 Å². The van der Waals surface area contributed by atoms with E-state index in [0.29, 0.717) is 0 Å². The van der Waals surface area contributed by atoms with Gasteiger partial charge in [0, 0.05) is 9.86 Å². The highest BCUT2D eigenvalue weighted by Crippen LogP contribution is 2.23. The Morgan fingerprint density at radius 2 is 2.27 bits per heavy atom. The second-order valence-corrected chi connectivity index (χ2v) is 3.32. The van der Waals surface area contributed by atoms with Crippen LogP contribution in [0.4, 0.5) is 0 Å². The molecule has 0 amide bonds. The first-order valence-electron chi connectivity index (χ1n) is 3.28. The van der Waals surface area contributed by atoms with Crippen LogP contribution in [0.5, 0.6) is 0 Å². The molecule has 0 atom stereocenters. The van der Waals surface area contributed by atoms with E-state index in [0.717, 1.165) is 21.0 Å². The molecule has 0 unspecified atom stereocenters. The van der Waals surface area contributed by atoms with Crippen molar-refractivity contribution in [1.29, 1.82) is 0 Å². The fourth-order valence-corrected chi connectivity index (χ4v) is 1.35. The molecular formula is C8H6BrNO. The van der Waals surface area contributed by atoms with Crippen molar-refractivity contribution < 1.29 is 4.52 Å². The van der Waals surface area contributed by atoms with Gasteiger partial charge in [-0.05, 0) is 24.6 Å². The molecule has 0 fully saturated rings. The molecule has 56 valence electrons. The minimum absolute atomic E-state index is 0.839. The third-order valence-electron chi connectivity index (χ3n) is 1.63. The number of halogens is 1. The van der Waals surface area contributed by atoms with Crippen molar-refractivity contribution in [2.45, 2.75) is 6.92 Å². The summed E-state index contributed by atoms with van der Waals surface area (Å²) in [6.45, 7) is 2.02. The molecule has 1 aromatic carbocycles. The molecule has 2 nitrogen and oxygen atoms in total. The van der Waals surface area contributed by atoms with Gasteiger partial charge in [0.2, 0.25) is 0 Å². The maximum Gasteiger partial charge on any atom is 0.167 e. The maximum absolute atomic E-state index is 4.98. The van der Waals surface area contributed by atoms with E-state index < -0.39 is 0 Å². The molecule has 0 aliphatic heterocycles. The fourth-order valence-electron chi connectivity index (χ4n) is 0.990. The number of rotatable bonds is 0. The van der Waals surface area contributed by atoms with Gasteiger partial charge < -0.3 is 4.52 Å². The second kappa shape index (κ2) is 2.34. The lowest BCUT2D eigenvalue weighted by Crippen LogP contribution is -1.73. The normalized spacial score (nSPS) is 10.7. The number of aryl methyl sites for hydroxylation is 1. The predicted octanol–water partition coefficient (Wildman–Crippen LogP) is 2.90. The summed E-state index contributed by atoms with van der Waals surface area (Å²) in [6, 6.07) is 3.97. The van der Waals surface area contributed by atoms with Crippen molar-refractivity contribution in [2.24, 2.45) is 0 Å². The Balaban J connectivity index is 2.86. The van der Waals surface area contributed by atoms with Crippen LogP contribution in [0.25, 0.3) is 11.0 Å². The first kappa shape index (κ1) is 6.85. The van der Waals surface area contributed by atoms with E-state index in [4.69, 9.17) is 4.52 Å². The minimum Gasteiger partial charge on any atom is -0.356 e. The Morgan fingerprint density at radius 1 is 1.45 bits per heavy atom. The summed E-state index contributed by atoms with van der Waals surface area (Å²) in [7, 11) is 0. The number of hydrogen-bond acceptors (Lipinski definition) is 2. The third-order valence-corrected chi connectivity index (χ3v) is 2.49. The molecular weight excluding hydrogens is 206 g/mol. The lowest BCUT2D eigenvalue weighted by Gasteiger charge is -1.94. The highest BCUT2D eigenvalue weighted by molar-refractivity contribution is 9.10. The number of fused-ring (bicyclic) bond motifs is 1. The minimum atomic E-state index is 0.839. The molecule has 0 aliphatic rings. The molecule has 0 spiro atoms. The SMILES string of the molecule is Cc1cc2oncc2cc1Br. The van der Waals surface area contributed by atoms with Crippen LogP contribution < -0.4 is 0 Å². The molecule has 0 bridgehead atoms. The Labute approximate surface area is 72.3 Å². The molecule has 0 saturated carbocycles. The predicted molar refractivity (Wildman–Crippen MR) is 46.4 cm³/mol. The zero-order valence-corrected chi connectivity index (χ0v) is 7.55. The summed E-state index contributed by atoms with van der Waals surface area (Å²) in [6.07, 6.45) is 1.71. The van der Waals surface area contributed by atoms with Gasteiger partial charge in [-0.1, -0.05) is 21.1 Å². The molecule has 0 radical (unpaired) electrons. The first-order valence-corrected chi connectivity index (χ1v) is 4.07. The summed E-state index contributed by atoms with van der Waals surface area (Å²) in [5.74, 6) is 0. The molecule has 0 saturated heterocycles. The van der Waals surface area contributed by atoms with Crippen molar-refractivity contribution >= 4 is 26.9 Å². The number of aromatic nitrogens is 1. The van der Waals surface area contributed by atoms with Crippen molar-refractivity contribution in [3.8, 4) is 0 Å². The van der Waals surface area contributed by atoms with Gasteiger partial charge in [0.05, 0.1) is 6.20 Å². The molecule has 11 heavy (non-hydrogen) atoms. The van der Waals surface area contributed by atoms with E-state index in [1.165, 1.54) is 0 Å².